The highest BCUT2D eigenvalue weighted by Gasteiger charge is 2.14. The number of sulfonamides is 1. The first-order valence-corrected chi connectivity index (χ1v) is 10.4. The Hall–Kier alpha value is -2.01. The van der Waals surface area contributed by atoms with Crippen molar-refractivity contribution in [1.82, 2.24) is 0 Å². The highest BCUT2D eigenvalue weighted by atomic mass is 32.2. The minimum Gasteiger partial charge on any atom is -0.372 e. The Morgan fingerprint density at radius 3 is 2.00 bits per heavy atom. The van der Waals surface area contributed by atoms with Crippen LogP contribution in [0.2, 0.25) is 0 Å². The topological polar surface area (TPSA) is 49.4 Å². The summed E-state index contributed by atoms with van der Waals surface area (Å²) in [5.41, 5.74) is 2.84. The Bertz CT molecular complexity index is 749. The number of anilines is 2. The van der Waals surface area contributed by atoms with E-state index in [9.17, 15) is 8.42 Å². The smallest absolute Gasteiger partial charge is 0.261 e. The van der Waals surface area contributed by atoms with Gasteiger partial charge in [0.05, 0.1) is 4.90 Å². The molecule has 1 N–H and O–H groups in total. The lowest BCUT2D eigenvalue weighted by Gasteiger charge is -2.21. The first-order valence-electron chi connectivity index (χ1n) is 8.97. The van der Waals surface area contributed by atoms with Crippen LogP contribution in [-0.4, -0.2) is 21.5 Å². The summed E-state index contributed by atoms with van der Waals surface area (Å²) in [7, 11) is -3.56. The van der Waals surface area contributed by atoms with Crippen LogP contribution in [0.4, 0.5) is 11.4 Å². The Morgan fingerprint density at radius 1 is 0.880 bits per heavy atom. The van der Waals surface area contributed by atoms with Crippen molar-refractivity contribution in [2.75, 3.05) is 22.7 Å². The van der Waals surface area contributed by atoms with Crippen LogP contribution < -0.4 is 9.62 Å². The van der Waals surface area contributed by atoms with Crippen LogP contribution in [0.15, 0.2) is 53.4 Å². The fourth-order valence-corrected chi connectivity index (χ4v) is 3.82. The molecule has 0 radical (unpaired) electrons. The van der Waals surface area contributed by atoms with Crippen molar-refractivity contribution in [3.8, 4) is 0 Å². The summed E-state index contributed by atoms with van der Waals surface area (Å²) in [6.07, 6.45) is 3.23. The van der Waals surface area contributed by atoms with Crippen molar-refractivity contribution in [1.29, 1.82) is 0 Å². The molecule has 0 saturated carbocycles. The minimum atomic E-state index is -3.56. The molecule has 0 aliphatic rings. The number of unbranched alkanes of at least 4 members (excludes halogenated alkanes) is 1. The quantitative estimate of drug-likeness (QED) is 0.706. The van der Waals surface area contributed by atoms with Crippen molar-refractivity contribution in [2.24, 2.45) is 0 Å². The van der Waals surface area contributed by atoms with Crippen LogP contribution >= 0.6 is 0 Å². The van der Waals surface area contributed by atoms with Crippen LogP contribution in [-0.2, 0) is 16.4 Å². The van der Waals surface area contributed by atoms with Gasteiger partial charge < -0.3 is 4.90 Å². The molecular formula is C20H28N2O2S. The van der Waals surface area contributed by atoms with Gasteiger partial charge in [0.25, 0.3) is 10.0 Å². The number of benzene rings is 2. The lowest BCUT2D eigenvalue weighted by Crippen LogP contribution is -2.21. The van der Waals surface area contributed by atoms with Gasteiger partial charge >= 0.3 is 0 Å². The molecular weight excluding hydrogens is 332 g/mol. The van der Waals surface area contributed by atoms with Crippen molar-refractivity contribution in [2.45, 2.75) is 44.9 Å². The summed E-state index contributed by atoms with van der Waals surface area (Å²) in [4.78, 5) is 2.51. The predicted octanol–water partition coefficient (Wildman–Crippen LogP) is 4.68. The van der Waals surface area contributed by atoms with Crippen molar-refractivity contribution in [3.63, 3.8) is 0 Å². The largest absolute Gasteiger partial charge is 0.372 e. The van der Waals surface area contributed by atoms with Crippen molar-refractivity contribution >= 4 is 21.4 Å². The van der Waals surface area contributed by atoms with Crippen LogP contribution in [0.5, 0.6) is 0 Å². The SMILES string of the molecule is CCCCc1ccc(S(=O)(=O)Nc2ccc(N(CC)CC)cc2)cc1. The van der Waals surface area contributed by atoms with E-state index in [0.29, 0.717) is 10.6 Å². The molecule has 0 bridgehead atoms. The Kier molecular flexibility index (Phi) is 6.88. The summed E-state index contributed by atoms with van der Waals surface area (Å²) < 4.78 is 27.7. The zero-order chi connectivity index (χ0) is 18.3. The van der Waals surface area contributed by atoms with Gasteiger partial charge in [0.1, 0.15) is 0 Å². The molecule has 0 spiro atoms. The Balaban J connectivity index is 2.10. The molecule has 4 nitrogen and oxygen atoms in total. The average Bonchev–Trinajstić information content (AvgIpc) is 2.62. The van der Waals surface area contributed by atoms with Gasteiger partial charge in [0.15, 0.2) is 0 Å². The van der Waals surface area contributed by atoms with Gasteiger partial charge in [0, 0.05) is 24.5 Å². The molecule has 0 aliphatic heterocycles. The fourth-order valence-electron chi connectivity index (χ4n) is 2.76. The number of nitrogens with one attached hydrogen (secondary N) is 1. The van der Waals surface area contributed by atoms with Crippen LogP contribution in [0.1, 0.15) is 39.2 Å². The molecule has 136 valence electrons. The molecule has 5 heteroatoms. The summed E-state index contributed by atoms with van der Waals surface area (Å²) in [5, 5.41) is 0. The van der Waals surface area contributed by atoms with Crippen molar-refractivity contribution in [3.05, 3.63) is 54.1 Å². The standard InChI is InChI=1S/C20H28N2O2S/c1-4-7-8-17-9-15-20(16-10-17)25(23,24)21-18-11-13-19(14-12-18)22(5-2)6-3/h9-16,21H,4-8H2,1-3H3. The van der Waals surface area contributed by atoms with E-state index < -0.39 is 10.0 Å². The predicted molar refractivity (Wildman–Crippen MR) is 106 cm³/mol. The van der Waals surface area contributed by atoms with Crippen LogP contribution in [0.3, 0.4) is 0 Å². The molecule has 2 aromatic rings. The first-order chi connectivity index (χ1) is 12.0. The summed E-state index contributed by atoms with van der Waals surface area (Å²) in [5.74, 6) is 0. The zero-order valence-electron chi connectivity index (χ0n) is 15.3. The van der Waals surface area contributed by atoms with Gasteiger partial charge in [-0.25, -0.2) is 8.42 Å². The van der Waals surface area contributed by atoms with E-state index in [1.165, 1.54) is 5.56 Å². The van der Waals surface area contributed by atoms with Crippen LogP contribution in [0, 0.1) is 0 Å². The molecule has 25 heavy (non-hydrogen) atoms. The molecule has 0 amide bonds. The molecule has 0 aromatic heterocycles. The third-order valence-electron chi connectivity index (χ3n) is 4.30. The second kappa shape index (κ2) is 8.90. The van der Waals surface area contributed by atoms with Crippen molar-refractivity contribution < 1.29 is 8.42 Å². The molecule has 0 heterocycles. The van der Waals surface area contributed by atoms with E-state index in [1.807, 2.05) is 24.3 Å². The van der Waals surface area contributed by atoms with E-state index in [0.717, 1.165) is 38.0 Å². The molecule has 0 saturated heterocycles. The average molecular weight is 361 g/mol. The van der Waals surface area contributed by atoms with E-state index >= 15 is 0 Å². The van der Waals surface area contributed by atoms with Gasteiger partial charge in [-0.05, 0) is 68.7 Å². The highest BCUT2D eigenvalue weighted by molar-refractivity contribution is 7.92. The van der Waals surface area contributed by atoms with Gasteiger partial charge in [-0.3, -0.25) is 4.72 Å². The molecule has 2 aromatic carbocycles. The van der Waals surface area contributed by atoms with Gasteiger partial charge in [-0.1, -0.05) is 25.5 Å². The first kappa shape index (κ1) is 19.3. The second-order valence-corrected chi connectivity index (χ2v) is 7.75. The Morgan fingerprint density at radius 2 is 1.48 bits per heavy atom. The van der Waals surface area contributed by atoms with E-state index in [1.54, 1.807) is 24.3 Å². The van der Waals surface area contributed by atoms with E-state index in [4.69, 9.17) is 0 Å². The number of nitrogens with zero attached hydrogens (tertiary/aromatic N) is 1. The molecule has 0 aliphatic carbocycles. The normalized spacial score (nSPS) is 11.3. The maximum Gasteiger partial charge on any atom is 0.261 e. The molecule has 0 unspecified atom stereocenters. The lowest BCUT2D eigenvalue weighted by molar-refractivity contribution is 0.601. The summed E-state index contributed by atoms with van der Waals surface area (Å²) in [6, 6.07) is 14.6. The fraction of sp³-hybridized carbons (Fsp3) is 0.400. The lowest BCUT2D eigenvalue weighted by atomic mass is 10.1. The maximum absolute atomic E-state index is 12.5. The summed E-state index contributed by atoms with van der Waals surface area (Å²) in [6.45, 7) is 8.20. The van der Waals surface area contributed by atoms with E-state index in [2.05, 4.69) is 30.4 Å². The monoisotopic (exact) mass is 360 g/mol. The highest BCUT2D eigenvalue weighted by Crippen LogP contribution is 2.21. The second-order valence-electron chi connectivity index (χ2n) is 6.07. The molecule has 0 fully saturated rings. The third-order valence-corrected chi connectivity index (χ3v) is 5.70. The molecule has 0 atom stereocenters. The third kappa shape index (κ3) is 5.23. The van der Waals surface area contributed by atoms with Gasteiger partial charge in [-0.2, -0.15) is 0 Å². The number of rotatable bonds is 9. The number of aryl methyl sites for hydroxylation is 1. The van der Waals surface area contributed by atoms with Gasteiger partial charge in [-0.15, -0.1) is 0 Å². The summed E-state index contributed by atoms with van der Waals surface area (Å²) >= 11 is 0. The number of hydrogen-bond acceptors (Lipinski definition) is 3. The molecule has 2 rings (SSSR count). The Labute approximate surface area is 151 Å². The van der Waals surface area contributed by atoms with Crippen LogP contribution in [0.25, 0.3) is 0 Å². The minimum absolute atomic E-state index is 0.292. The van der Waals surface area contributed by atoms with Gasteiger partial charge in [0.2, 0.25) is 0 Å². The maximum atomic E-state index is 12.5. The zero-order valence-corrected chi connectivity index (χ0v) is 16.1. The van der Waals surface area contributed by atoms with E-state index in [-0.39, 0.29) is 0 Å². The number of hydrogen-bond donors (Lipinski definition) is 1.